The van der Waals surface area contributed by atoms with E-state index in [0.29, 0.717) is 0 Å². The minimum atomic E-state index is 0.255. The van der Waals surface area contributed by atoms with Crippen molar-refractivity contribution >= 4 is 17.0 Å². The number of nitrogens with zero attached hydrogens (tertiary/aromatic N) is 3. The molecule has 0 aliphatic heterocycles. The van der Waals surface area contributed by atoms with Crippen molar-refractivity contribution in [2.45, 2.75) is 32.9 Å². The van der Waals surface area contributed by atoms with Crippen LogP contribution in [0.5, 0.6) is 0 Å². The first-order valence-electron chi connectivity index (χ1n) is 6.87. The van der Waals surface area contributed by atoms with E-state index in [1.165, 1.54) is 4.88 Å². The van der Waals surface area contributed by atoms with Gasteiger partial charge in [0.2, 0.25) is 0 Å². The highest BCUT2D eigenvalue weighted by Crippen LogP contribution is 2.20. The zero-order chi connectivity index (χ0) is 13.9. The van der Waals surface area contributed by atoms with Crippen LogP contribution in [-0.4, -0.2) is 14.4 Å². The fraction of sp³-hybridized carbons (Fsp3) is 0.333. The van der Waals surface area contributed by atoms with Gasteiger partial charge in [-0.25, -0.2) is 9.97 Å². The van der Waals surface area contributed by atoms with Gasteiger partial charge in [0.15, 0.2) is 0 Å². The average Bonchev–Trinajstić information content (AvgIpc) is 3.10. The molecule has 3 aromatic heterocycles. The van der Waals surface area contributed by atoms with Gasteiger partial charge in [-0.15, -0.1) is 11.3 Å². The summed E-state index contributed by atoms with van der Waals surface area (Å²) in [5, 5.41) is 4.63. The Balaban J connectivity index is 1.66. The molecule has 0 radical (unpaired) electrons. The summed E-state index contributed by atoms with van der Waals surface area (Å²) < 4.78 is 2.04. The molecule has 1 atom stereocenters. The fourth-order valence-corrected chi connectivity index (χ4v) is 2.99. The fourth-order valence-electron chi connectivity index (χ4n) is 2.10. The standard InChI is InChI=1S/C15H18N4S/c1-3-13-9-17-15(20-13)11(2)16-8-12-10-19-7-5-4-6-14(19)18-12/h4-7,9-11,16H,3,8H2,1-2H3. The van der Waals surface area contributed by atoms with E-state index in [-0.39, 0.29) is 6.04 Å². The predicted octanol–water partition coefficient (Wildman–Crippen LogP) is 3.20. The number of thiazole rings is 1. The van der Waals surface area contributed by atoms with E-state index in [1.807, 2.05) is 35.0 Å². The SMILES string of the molecule is CCc1cnc(C(C)NCc2cn3ccccc3n2)s1. The quantitative estimate of drug-likeness (QED) is 0.783. The van der Waals surface area contributed by atoms with Crippen LogP contribution in [-0.2, 0) is 13.0 Å². The zero-order valence-electron chi connectivity index (χ0n) is 11.7. The van der Waals surface area contributed by atoms with Crippen LogP contribution in [0.3, 0.4) is 0 Å². The minimum absolute atomic E-state index is 0.255. The van der Waals surface area contributed by atoms with Crippen molar-refractivity contribution in [2.24, 2.45) is 0 Å². The number of hydrogen-bond donors (Lipinski definition) is 1. The second kappa shape index (κ2) is 5.73. The molecule has 3 heterocycles. The van der Waals surface area contributed by atoms with Gasteiger partial charge in [0, 0.05) is 30.0 Å². The maximum absolute atomic E-state index is 4.58. The summed E-state index contributed by atoms with van der Waals surface area (Å²) in [6.07, 6.45) is 7.11. The van der Waals surface area contributed by atoms with E-state index in [1.54, 1.807) is 11.3 Å². The maximum atomic E-state index is 4.58. The van der Waals surface area contributed by atoms with Gasteiger partial charge in [0.25, 0.3) is 0 Å². The first-order chi connectivity index (χ1) is 9.76. The van der Waals surface area contributed by atoms with Crippen LogP contribution >= 0.6 is 11.3 Å². The second-order valence-corrected chi connectivity index (χ2v) is 5.97. The number of fused-ring (bicyclic) bond motifs is 1. The molecular weight excluding hydrogens is 268 g/mol. The third kappa shape index (κ3) is 2.73. The van der Waals surface area contributed by atoms with Crippen LogP contribution in [0.25, 0.3) is 5.65 Å². The zero-order valence-corrected chi connectivity index (χ0v) is 12.5. The second-order valence-electron chi connectivity index (χ2n) is 4.82. The maximum Gasteiger partial charge on any atom is 0.137 e. The largest absolute Gasteiger partial charge is 0.307 e. The van der Waals surface area contributed by atoms with Crippen molar-refractivity contribution in [1.29, 1.82) is 0 Å². The van der Waals surface area contributed by atoms with E-state index >= 15 is 0 Å². The molecule has 0 saturated carbocycles. The number of hydrogen-bond acceptors (Lipinski definition) is 4. The third-order valence-electron chi connectivity index (χ3n) is 3.29. The van der Waals surface area contributed by atoms with Crippen LogP contribution < -0.4 is 5.32 Å². The highest BCUT2D eigenvalue weighted by Gasteiger charge is 2.10. The normalized spacial score (nSPS) is 12.9. The molecule has 0 bridgehead atoms. The van der Waals surface area contributed by atoms with E-state index < -0.39 is 0 Å². The van der Waals surface area contributed by atoms with E-state index in [9.17, 15) is 0 Å². The Labute approximate surface area is 122 Å². The molecule has 5 heteroatoms. The van der Waals surface area contributed by atoms with E-state index in [2.05, 4.69) is 35.3 Å². The summed E-state index contributed by atoms with van der Waals surface area (Å²) in [5.74, 6) is 0. The molecular formula is C15H18N4S. The predicted molar refractivity (Wildman–Crippen MR) is 81.9 cm³/mol. The van der Waals surface area contributed by atoms with Crippen molar-refractivity contribution < 1.29 is 0 Å². The van der Waals surface area contributed by atoms with Gasteiger partial charge in [-0.1, -0.05) is 13.0 Å². The van der Waals surface area contributed by atoms with Crippen molar-refractivity contribution in [3.05, 3.63) is 52.4 Å². The molecule has 4 nitrogen and oxygen atoms in total. The molecule has 3 rings (SSSR count). The number of aryl methyl sites for hydroxylation is 1. The summed E-state index contributed by atoms with van der Waals surface area (Å²) in [5.41, 5.74) is 2.04. The van der Waals surface area contributed by atoms with E-state index in [4.69, 9.17) is 0 Å². The van der Waals surface area contributed by atoms with Crippen LogP contribution in [0, 0.1) is 0 Å². The Morgan fingerprint density at radius 2 is 2.30 bits per heavy atom. The Morgan fingerprint density at radius 3 is 3.05 bits per heavy atom. The first kappa shape index (κ1) is 13.3. The average molecular weight is 286 g/mol. The smallest absolute Gasteiger partial charge is 0.137 e. The number of nitrogens with one attached hydrogen (secondary N) is 1. The van der Waals surface area contributed by atoms with E-state index in [0.717, 1.165) is 29.3 Å². The lowest BCUT2D eigenvalue weighted by Crippen LogP contribution is -2.18. The molecule has 0 aliphatic rings. The lowest BCUT2D eigenvalue weighted by Gasteiger charge is -2.09. The van der Waals surface area contributed by atoms with Crippen LogP contribution in [0.4, 0.5) is 0 Å². The van der Waals surface area contributed by atoms with Gasteiger partial charge >= 0.3 is 0 Å². The first-order valence-corrected chi connectivity index (χ1v) is 7.68. The molecule has 0 spiro atoms. The molecule has 0 aromatic carbocycles. The van der Waals surface area contributed by atoms with Gasteiger partial charge in [0.05, 0.1) is 11.7 Å². The Kier molecular flexibility index (Phi) is 3.80. The topological polar surface area (TPSA) is 42.2 Å². The Hall–Kier alpha value is -1.72. The summed E-state index contributed by atoms with van der Waals surface area (Å²) in [6, 6.07) is 6.28. The molecule has 104 valence electrons. The van der Waals surface area contributed by atoms with Crippen molar-refractivity contribution in [1.82, 2.24) is 19.7 Å². The lowest BCUT2D eigenvalue weighted by molar-refractivity contribution is 0.566. The summed E-state index contributed by atoms with van der Waals surface area (Å²) >= 11 is 1.78. The van der Waals surface area contributed by atoms with Crippen LogP contribution in [0.15, 0.2) is 36.8 Å². The number of rotatable bonds is 5. The molecule has 20 heavy (non-hydrogen) atoms. The number of aromatic nitrogens is 3. The summed E-state index contributed by atoms with van der Waals surface area (Å²) in [6.45, 7) is 5.06. The highest BCUT2D eigenvalue weighted by molar-refractivity contribution is 7.11. The molecule has 3 aromatic rings. The van der Waals surface area contributed by atoms with Gasteiger partial charge < -0.3 is 9.72 Å². The molecule has 0 aliphatic carbocycles. The number of pyridine rings is 1. The Bertz CT molecular complexity index is 668. The molecule has 1 unspecified atom stereocenters. The summed E-state index contributed by atoms with van der Waals surface area (Å²) in [7, 11) is 0. The van der Waals surface area contributed by atoms with Crippen molar-refractivity contribution in [2.75, 3.05) is 0 Å². The van der Waals surface area contributed by atoms with Crippen LogP contribution in [0.1, 0.15) is 35.5 Å². The van der Waals surface area contributed by atoms with Crippen molar-refractivity contribution in [3.8, 4) is 0 Å². The van der Waals surface area contributed by atoms with Gasteiger partial charge in [0.1, 0.15) is 10.7 Å². The monoisotopic (exact) mass is 286 g/mol. The molecule has 1 N–H and O–H groups in total. The highest BCUT2D eigenvalue weighted by atomic mass is 32.1. The third-order valence-corrected chi connectivity index (χ3v) is 4.62. The van der Waals surface area contributed by atoms with Crippen molar-refractivity contribution in [3.63, 3.8) is 0 Å². The van der Waals surface area contributed by atoms with Gasteiger partial charge in [-0.3, -0.25) is 0 Å². The van der Waals surface area contributed by atoms with Crippen LogP contribution in [0.2, 0.25) is 0 Å². The molecule has 0 saturated heterocycles. The molecule has 0 amide bonds. The Morgan fingerprint density at radius 1 is 1.40 bits per heavy atom. The molecule has 0 fully saturated rings. The summed E-state index contributed by atoms with van der Waals surface area (Å²) in [4.78, 5) is 10.4. The minimum Gasteiger partial charge on any atom is -0.307 e. The lowest BCUT2D eigenvalue weighted by atomic mass is 10.3. The van der Waals surface area contributed by atoms with Gasteiger partial charge in [-0.2, -0.15) is 0 Å². The number of imidazole rings is 1. The van der Waals surface area contributed by atoms with Gasteiger partial charge in [-0.05, 0) is 25.5 Å².